The minimum absolute atomic E-state index is 0.0739. The van der Waals surface area contributed by atoms with E-state index >= 15 is 0 Å². The van der Waals surface area contributed by atoms with Crippen molar-refractivity contribution in [1.29, 1.82) is 0 Å². The van der Waals surface area contributed by atoms with Gasteiger partial charge in [0, 0.05) is 18.2 Å². The molecule has 1 N–H and O–H groups in total. The van der Waals surface area contributed by atoms with Gasteiger partial charge < -0.3 is 10.1 Å². The SMILES string of the molecule is Fc1cccc(Oc2c(F)cccc2CNC2CC2)c1F. The first-order chi connectivity index (χ1) is 10.1. The maximum atomic E-state index is 13.9. The van der Waals surface area contributed by atoms with E-state index in [4.69, 9.17) is 4.74 Å². The van der Waals surface area contributed by atoms with E-state index in [1.54, 1.807) is 12.1 Å². The van der Waals surface area contributed by atoms with Crippen LogP contribution in [0.1, 0.15) is 18.4 Å². The van der Waals surface area contributed by atoms with Gasteiger partial charge in [-0.1, -0.05) is 18.2 Å². The van der Waals surface area contributed by atoms with E-state index in [0.29, 0.717) is 18.2 Å². The molecule has 110 valence electrons. The van der Waals surface area contributed by atoms with Crippen LogP contribution in [0.15, 0.2) is 36.4 Å². The van der Waals surface area contributed by atoms with Crippen molar-refractivity contribution in [2.24, 2.45) is 0 Å². The van der Waals surface area contributed by atoms with Crippen LogP contribution in [-0.2, 0) is 6.54 Å². The zero-order chi connectivity index (χ0) is 14.8. The zero-order valence-corrected chi connectivity index (χ0v) is 11.2. The summed E-state index contributed by atoms with van der Waals surface area (Å²) < 4.78 is 46.0. The summed E-state index contributed by atoms with van der Waals surface area (Å²) in [6.45, 7) is 0.425. The van der Waals surface area contributed by atoms with E-state index in [1.165, 1.54) is 18.2 Å². The second kappa shape index (κ2) is 5.77. The molecule has 2 nitrogen and oxygen atoms in total. The normalized spacial score (nSPS) is 14.2. The fourth-order valence-corrected chi connectivity index (χ4v) is 2.02. The maximum Gasteiger partial charge on any atom is 0.201 e. The fraction of sp³-hybridized carbons (Fsp3) is 0.250. The minimum Gasteiger partial charge on any atom is -0.451 e. The zero-order valence-electron chi connectivity index (χ0n) is 11.2. The van der Waals surface area contributed by atoms with Crippen molar-refractivity contribution in [3.05, 3.63) is 59.4 Å². The summed E-state index contributed by atoms with van der Waals surface area (Å²) in [5, 5.41) is 3.24. The molecule has 3 rings (SSSR count). The predicted molar refractivity (Wildman–Crippen MR) is 72.7 cm³/mol. The summed E-state index contributed by atoms with van der Waals surface area (Å²) in [6, 6.07) is 8.51. The highest BCUT2D eigenvalue weighted by atomic mass is 19.2. The Hall–Kier alpha value is -2.01. The van der Waals surface area contributed by atoms with Crippen LogP contribution in [0.2, 0.25) is 0 Å². The molecule has 21 heavy (non-hydrogen) atoms. The van der Waals surface area contributed by atoms with Crippen LogP contribution < -0.4 is 10.1 Å². The van der Waals surface area contributed by atoms with E-state index in [1.807, 2.05) is 0 Å². The first kappa shape index (κ1) is 13.9. The van der Waals surface area contributed by atoms with Crippen LogP contribution in [0.25, 0.3) is 0 Å². The Balaban J connectivity index is 1.87. The van der Waals surface area contributed by atoms with Gasteiger partial charge in [-0.25, -0.2) is 8.78 Å². The summed E-state index contributed by atoms with van der Waals surface area (Å²) in [5.74, 6) is -3.15. The largest absolute Gasteiger partial charge is 0.451 e. The number of nitrogens with one attached hydrogen (secondary N) is 1. The smallest absolute Gasteiger partial charge is 0.201 e. The highest BCUT2D eigenvalue weighted by molar-refractivity contribution is 5.39. The molecule has 1 aliphatic rings. The molecule has 0 spiro atoms. The highest BCUT2D eigenvalue weighted by Gasteiger charge is 2.22. The van der Waals surface area contributed by atoms with Crippen molar-refractivity contribution in [3.8, 4) is 11.5 Å². The second-order valence-electron chi connectivity index (χ2n) is 5.04. The van der Waals surface area contributed by atoms with E-state index in [2.05, 4.69) is 5.32 Å². The molecule has 0 atom stereocenters. The van der Waals surface area contributed by atoms with E-state index in [-0.39, 0.29) is 11.5 Å². The molecule has 2 aromatic carbocycles. The molecule has 1 saturated carbocycles. The van der Waals surface area contributed by atoms with Gasteiger partial charge in [0.15, 0.2) is 23.1 Å². The van der Waals surface area contributed by atoms with E-state index in [0.717, 1.165) is 18.9 Å². The van der Waals surface area contributed by atoms with E-state index < -0.39 is 17.5 Å². The molecule has 0 amide bonds. The molecule has 0 aliphatic heterocycles. The first-order valence-corrected chi connectivity index (χ1v) is 6.78. The molecular weight excluding hydrogens is 279 g/mol. The topological polar surface area (TPSA) is 21.3 Å². The Morgan fingerprint density at radius 1 is 1.00 bits per heavy atom. The Kier molecular flexibility index (Phi) is 3.84. The lowest BCUT2D eigenvalue weighted by Gasteiger charge is -2.13. The lowest BCUT2D eigenvalue weighted by atomic mass is 10.2. The average Bonchev–Trinajstić information content (AvgIpc) is 3.28. The van der Waals surface area contributed by atoms with Gasteiger partial charge in [-0.3, -0.25) is 0 Å². The molecule has 1 fully saturated rings. The predicted octanol–water partition coefficient (Wildman–Crippen LogP) is 4.15. The molecule has 5 heteroatoms. The van der Waals surface area contributed by atoms with Crippen LogP contribution in [0.5, 0.6) is 11.5 Å². The van der Waals surface area contributed by atoms with Crippen molar-refractivity contribution in [1.82, 2.24) is 5.32 Å². The van der Waals surface area contributed by atoms with Gasteiger partial charge in [0.05, 0.1) is 0 Å². The Morgan fingerprint density at radius 2 is 1.71 bits per heavy atom. The average molecular weight is 293 g/mol. The summed E-state index contributed by atoms with van der Waals surface area (Å²) >= 11 is 0. The molecule has 0 heterocycles. The summed E-state index contributed by atoms with van der Waals surface area (Å²) in [7, 11) is 0. The van der Waals surface area contributed by atoms with Gasteiger partial charge in [-0.15, -0.1) is 0 Å². The Morgan fingerprint density at radius 3 is 2.48 bits per heavy atom. The van der Waals surface area contributed by atoms with Crippen LogP contribution >= 0.6 is 0 Å². The summed E-state index contributed by atoms with van der Waals surface area (Å²) in [4.78, 5) is 0. The van der Waals surface area contributed by atoms with Crippen LogP contribution in [0.3, 0.4) is 0 Å². The van der Waals surface area contributed by atoms with Crippen molar-refractivity contribution < 1.29 is 17.9 Å². The van der Waals surface area contributed by atoms with Gasteiger partial charge >= 0.3 is 0 Å². The third-order valence-corrected chi connectivity index (χ3v) is 3.34. The second-order valence-corrected chi connectivity index (χ2v) is 5.04. The van der Waals surface area contributed by atoms with Gasteiger partial charge in [0.2, 0.25) is 5.82 Å². The van der Waals surface area contributed by atoms with Gasteiger partial charge in [-0.05, 0) is 31.0 Å². The fourth-order valence-electron chi connectivity index (χ4n) is 2.02. The van der Waals surface area contributed by atoms with Gasteiger partial charge in [0.25, 0.3) is 0 Å². The Bertz CT molecular complexity index is 656. The first-order valence-electron chi connectivity index (χ1n) is 6.78. The minimum atomic E-state index is -1.12. The molecule has 2 aromatic rings. The molecule has 0 radical (unpaired) electrons. The van der Waals surface area contributed by atoms with Crippen LogP contribution in [-0.4, -0.2) is 6.04 Å². The van der Waals surface area contributed by atoms with Crippen molar-refractivity contribution in [2.45, 2.75) is 25.4 Å². The van der Waals surface area contributed by atoms with Gasteiger partial charge in [0.1, 0.15) is 0 Å². The number of halogens is 3. The number of benzene rings is 2. The van der Waals surface area contributed by atoms with Crippen molar-refractivity contribution >= 4 is 0 Å². The van der Waals surface area contributed by atoms with Crippen LogP contribution in [0.4, 0.5) is 13.2 Å². The molecule has 0 bridgehead atoms. The standard InChI is InChI=1S/C16H14F3NO/c17-12-4-2-6-14(15(12)19)21-16-10(3-1-5-13(16)18)9-20-11-7-8-11/h1-6,11,20H,7-9H2. The summed E-state index contributed by atoms with van der Waals surface area (Å²) in [5.41, 5.74) is 0.575. The molecule has 0 saturated heterocycles. The lowest BCUT2D eigenvalue weighted by molar-refractivity contribution is 0.392. The number of hydrogen-bond acceptors (Lipinski definition) is 2. The number of ether oxygens (including phenoxy) is 1. The van der Waals surface area contributed by atoms with Crippen molar-refractivity contribution in [2.75, 3.05) is 0 Å². The molecule has 0 aromatic heterocycles. The number of hydrogen-bond donors (Lipinski definition) is 1. The summed E-state index contributed by atoms with van der Waals surface area (Å²) in [6.07, 6.45) is 2.20. The quantitative estimate of drug-likeness (QED) is 0.894. The third kappa shape index (κ3) is 3.19. The monoisotopic (exact) mass is 293 g/mol. The molecular formula is C16H14F3NO. The van der Waals surface area contributed by atoms with Gasteiger partial charge in [-0.2, -0.15) is 4.39 Å². The third-order valence-electron chi connectivity index (χ3n) is 3.34. The molecule has 1 aliphatic carbocycles. The number of para-hydroxylation sites is 1. The van der Waals surface area contributed by atoms with Crippen molar-refractivity contribution in [3.63, 3.8) is 0 Å². The van der Waals surface area contributed by atoms with Crippen LogP contribution in [0, 0.1) is 17.5 Å². The maximum absolute atomic E-state index is 13.9. The Labute approximate surface area is 120 Å². The van der Waals surface area contributed by atoms with E-state index in [9.17, 15) is 13.2 Å². The number of rotatable bonds is 5. The molecule has 0 unspecified atom stereocenters. The lowest BCUT2D eigenvalue weighted by Crippen LogP contribution is -2.16. The highest BCUT2D eigenvalue weighted by Crippen LogP contribution is 2.31.